The Morgan fingerprint density at radius 1 is 1.33 bits per heavy atom. The van der Waals surface area contributed by atoms with E-state index in [4.69, 9.17) is 0 Å². The van der Waals surface area contributed by atoms with Gasteiger partial charge in [0.1, 0.15) is 10.3 Å². The van der Waals surface area contributed by atoms with Crippen molar-refractivity contribution in [1.29, 1.82) is 0 Å². The predicted octanol–water partition coefficient (Wildman–Crippen LogP) is 2.94. The fourth-order valence-corrected chi connectivity index (χ4v) is 1.62. The maximum atomic E-state index is 4.32. The average Bonchev–Trinajstić information content (AvgIpc) is 2.28. The zero-order valence-electron chi connectivity index (χ0n) is 6.98. The zero-order valence-corrected chi connectivity index (χ0v) is 8.57. The first-order valence-electron chi connectivity index (χ1n) is 3.80. The Kier molecular flexibility index (Phi) is 1.68. The third-order valence-corrected chi connectivity index (χ3v) is 2.58. The number of aryl methyl sites for hydroxylation is 2. The van der Waals surface area contributed by atoms with Gasteiger partial charge in [0.15, 0.2) is 0 Å². The van der Waals surface area contributed by atoms with Gasteiger partial charge in [-0.05, 0) is 47.5 Å². The van der Waals surface area contributed by atoms with Gasteiger partial charge in [-0.15, -0.1) is 0 Å². The molecule has 1 N–H and O–H groups in total. The van der Waals surface area contributed by atoms with Gasteiger partial charge in [0.25, 0.3) is 0 Å². The van der Waals surface area contributed by atoms with Crippen molar-refractivity contribution in [2.45, 2.75) is 13.8 Å². The summed E-state index contributed by atoms with van der Waals surface area (Å²) >= 11 is 3.34. The number of rotatable bonds is 0. The van der Waals surface area contributed by atoms with Crippen molar-refractivity contribution in [1.82, 2.24) is 9.97 Å². The van der Waals surface area contributed by atoms with Gasteiger partial charge in [0.05, 0.1) is 0 Å². The molecule has 0 radical (unpaired) electrons. The minimum atomic E-state index is 0.872. The quantitative estimate of drug-likeness (QED) is 0.686. The number of hydrogen-bond acceptors (Lipinski definition) is 1. The number of H-pyrrole nitrogens is 1. The number of halogens is 1. The Labute approximate surface area is 79.1 Å². The molecule has 0 aliphatic carbocycles. The SMILES string of the molecule is Cc1[nH]c2nc(Br)ccc2c1C. The summed E-state index contributed by atoms with van der Waals surface area (Å²) in [6.45, 7) is 4.16. The van der Waals surface area contributed by atoms with Crippen LogP contribution < -0.4 is 0 Å². The highest BCUT2D eigenvalue weighted by atomic mass is 79.9. The predicted molar refractivity (Wildman–Crippen MR) is 53.3 cm³/mol. The van der Waals surface area contributed by atoms with Crippen LogP contribution in [0, 0.1) is 13.8 Å². The third-order valence-electron chi connectivity index (χ3n) is 2.13. The molecule has 2 aromatic heterocycles. The highest BCUT2D eigenvalue weighted by Crippen LogP contribution is 2.21. The highest BCUT2D eigenvalue weighted by molar-refractivity contribution is 9.10. The summed E-state index contributed by atoms with van der Waals surface area (Å²) in [5, 5.41) is 1.20. The van der Waals surface area contributed by atoms with Crippen molar-refractivity contribution < 1.29 is 0 Å². The monoisotopic (exact) mass is 224 g/mol. The molecule has 0 saturated carbocycles. The van der Waals surface area contributed by atoms with E-state index >= 15 is 0 Å². The molecule has 0 spiro atoms. The second-order valence-corrected chi connectivity index (χ2v) is 3.72. The molecular formula is C9H9BrN2. The standard InChI is InChI=1S/C9H9BrN2/c1-5-6(2)11-9-7(5)3-4-8(10)12-9/h3-4H,1-2H3,(H,11,12). The van der Waals surface area contributed by atoms with Gasteiger partial charge in [-0.25, -0.2) is 4.98 Å². The lowest BCUT2D eigenvalue weighted by molar-refractivity contribution is 1.21. The number of fused-ring (bicyclic) bond motifs is 1. The molecule has 2 nitrogen and oxygen atoms in total. The molecule has 0 unspecified atom stereocenters. The van der Waals surface area contributed by atoms with Gasteiger partial charge in [0, 0.05) is 11.1 Å². The van der Waals surface area contributed by atoms with Crippen molar-refractivity contribution >= 4 is 27.0 Å². The van der Waals surface area contributed by atoms with Crippen LogP contribution >= 0.6 is 15.9 Å². The van der Waals surface area contributed by atoms with E-state index in [-0.39, 0.29) is 0 Å². The van der Waals surface area contributed by atoms with E-state index < -0.39 is 0 Å². The smallest absolute Gasteiger partial charge is 0.139 e. The summed E-state index contributed by atoms with van der Waals surface area (Å²) in [5.74, 6) is 0. The molecule has 2 aromatic rings. The second-order valence-electron chi connectivity index (χ2n) is 2.91. The zero-order chi connectivity index (χ0) is 8.72. The minimum Gasteiger partial charge on any atom is -0.343 e. The van der Waals surface area contributed by atoms with E-state index in [1.54, 1.807) is 0 Å². The van der Waals surface area contributed by atoms with Crippen LogP contribution in [0.5, 0.6) is 0 Å². The highest BCUT2D eigenvalue weighted by Gasteiger charge is 2.04. The van der Waals surface area contributed by atoms with E-state index in [0.717, 1.165) is 10.3 Å². The number of pyridine rings is 1. The summed E-state index contributed by atoms with van der Waals surface area (Å²) in [6, 6.07) is 4.04. The molecule has 0 fully saturated rings. The number of hydrogen-bond donors (Lipinski definition) is 1. The van der Waals surface area contributed by atoms with Crippen LogP contribution in [0.1, 0.15) is 11.3 Å². The molecule has 62 valence electrons. The van der Waals surface area contributed by atoms with E-state index in [2.05, 4.69) is 45.8 Å². The van der Waals surface area contributed by atoms with Crippen LogP contribution in [-0.2, 0) is 0 Å². The summed E-state index contributed by atoms with van der Waals surface area (Å²) in [7, 11) is 0. The minimum absolute atomic E-state index is 0.872. The fraction of sp³-hybridized carbons (Fsp3) is 0.222. The van der Waals surface area contributed by atoms with E-state index in [9.17, 15) is 0 Å². The van der Waals surface area contributed by atoms with Crippen LogP contribution in [0.4, 0.5) is 0 Å². The maximum absolute atomic E-state index is 4.32. The molecule has 0 atom stereocenters. The summed E-state index contributed by atoms with van der Waals surface area (Å²) < 4.78 is 0.872. The molecule has 0 aliphatic rings. The molecule has 3 heteroatoms. The molecule has 0 aliphatic heterocycles. The lowest BCUT2D eigenvalue weighted by Gasteiger charge is -1.90. The lowest BCUT2D eigenvalue weighted by atomic mass is 10.2. The van der Waals surface area contributed by atoms with Crippen LogP contribution in [0.15, 0.2) is 16.7 Å². The van der Waals surface area contributed by atoms with E-state index in [1.165, 1.54) is 16.6 Å². The van der Waals surface area contributed by atoms with Crippen LogP contribution in [0.3, 0.4) is 0 Å². The first-order chi connectivity index (χ1) is 5.68. The van der Waals surface area contributed by atoms with Crippen molar-refractivity contribution in [2.75, 3.05) is 0 Å². The van der Waals surface area contributed by atoms with Gasteiger partial charge in [-0.3, -0.25) is 0 Å². The van der Waals surface area contributed by atoms with Crippen LogP contribution in [-0.4, -0.2) is 9.97 Å². The topological polar surface area (TPSA) is 28.7 Å². The fourth-order valence-electron chi connectivity index (χ4n) is 1.31. The normalized spacial score (nSPS) is 10.9. The third kappa shape index (κ3) is 1.05. The molecular weight excluding hydrogens is 216 g/mol. The molecule has 12 heavy (non-hydrogen) atoms. The average molecular weight is 225 g/mol. The molecule has 0 saturated heterocycles. The Hall–Kier alpha value is -0.830. The van der Waals surface area contributed by atoms with Crippen LogP contribution in [0.2, 0.25) is 0 Å². The molecule has 2 rings (SSSR count). The lowest BCUT2D eigenvalue weighted by Crippen LogP contribution is -1.76. The van der Waals surface area contributed by atoms with Crippen molar-refractivity contribution in [3.8, 4) is 0 Å². The van der Waals surface area contributed by atoms with E-state index in [1.807, 2.05) is 6.07 Å². The Morgan fingerprint density at radius 3 is 2.83 bits per heavy atom. The van der Waals surface area contributed by atoms with Gasteiger partial charge >= 0.3 is 0 Å². The Bertz CT molecular complexity index is 431. The van der Waals surface area contributed by atoms with Gasteiger partial charge in [0.2, 0.25) is 0 Å². The number of nitrogens with one attached hydrogen (secondary N) is 1. The first kappa shape index (κ1) is 7.80. The number of nitrogens with zero attached hydrogens (tertiary/aromatic N) is 1. The van der Waals surface area contributed by atoms with Crippen molar-refractivity contribution in [3.63, 3.8) is 0 Å². The van der Waals surface area contributed by atoms with Crippen molar-refractivity contribution in [2.24, 2.45) is 0 Å². The van der Waals surface area contributed by atoms with Gasteiger partial charge in [-0.2, -0.15) is 0 Å². The van der Waals surface area contributed by atoms with Crippen LogP contribution in [0.25, 0.3) is 11.0 Å². The summed E-state index contributed by atoms with van der Waals surface area (Å²) in [6.07, 6.45) is 0. The number of aromatic nitrogens is 2. The van der Waals surface area contributed by atoms with E-state index in [0.29, 0.717) is 0 Å². The van der Waals surface area contributed by atoms with Gasteiger partial charge in [-0.1, -0.05) is 0 Å². The Balaban J connectivity index is 2.87. The number of aromatic amines is 1. The second kappa shape index (κ2) is 2.59. The van der Waals surface area contributed by atoms with Crippen molar-refractivity contribution in [3.05, 3.63) is 28.0 Å². The molecule has 0 bridgehead atoms. The largest absolute Gasteiger partial charge is 0.343 e. The molecule has 0 amide bonds. The summed E-state index contributed by atoms with van der Waals surface area (Å²) in [4.78, 5) is 7.54. The molecule has 2 heterocycles. The summed E-state index contributed by atoms with van der Waals surface area (Å²) in [5.41, 5.74) is 3.43. The Morgan fingerprint density at radius 2 is 2.08 bits per heavy atom. The molecule has 0 aromatic carbocycles. The maximum Gasteiger partial charge on any atom is 0.139 e. The van der Waals surface area contributed by atoms with Gasteiger partial charge < -0.3 is 4.98 Å². The first-order valence-corrected chi connectivity index (χ1v) is 4.59.